The number of nitrogens with one attached hydrogen (secondary N) is 1. The fourth-order valence-electron chi connectivity index (χ4n) is 2.89. The second-order valence-electron chi connectivity index (χ2n) is 5.89. The minimum atomic E-state index is -4.71. The Morgan fingerprint density at radius 2 is 1.96 bits per heavy atom. The molecular formula is C12H17NO12S. The quantitative estimate of drug-likeness (QED) is 0.247. The van der Waals surface area contributed by atoms with Crippen molar-refractivity contribution in [1.29, 1.82) is 0 Å². The smallest absolute Gasteiger partial charge is 0.371 e. The number of fused-ring (bicyclic) bond motifs is 2. The van der Waals surface area contributed by atoms with Crippen LogP contribution in [-0.2, 0) is 34.0 Å². The first-order valence-electron chi connectivity index (χ1n) is 7.40. The fraction of sp³-hybridized carbons (Fsp3) is 0.750. The van der Waals surface area contributed by atoms with Gasteiger partial charge in [0.25, 0.3) is 0 Å². The second kappa shape index (κ2) is 6.99. The molecule has 0 spiro atoms. The average molecular weight is 399 g/mol. The normalized spacial score (nSPS) is 42.8. The highest BCUT2D eigenvalue weighted by molar-refractivity contribution is 7.83. The van der Waals surface area contributed by atoms with Crippen LogP contribution in [0.2, 0.25) is 0 Å². The van der Waals surface area contributed by atoms with Gasteiger partial charge in [-0.15, -0.1) is 0 Å². The van der Waals surface area contributed by atoms with Crippen LogP contribution in [0.1, 0.15) is 0 Å². The van der Waals surface area contributed by atoms with Crippen molar-refractivity contribution in [2.24, 2.45) is 0 Å². The molecule has 3 aliphatic rings. The molecule has 14 heteroatoms. The molecule has 148 valence electrons. The molecule has 2 unspecified atom stereocenters. The van der Waals surface area contributed by atoms with E-state index in [1.807, 2.05) is 0 Å². The summed E-state index contributed by atoms with van der Waals surface area (Å²) < 4.78 is 53.6. The van der Waals surface area contributed by atoms with Gasteiger partial charge in [0.1, 0.15) is 36.6 Å². The van der Waals surface area contributed by atoms with E-state index in [9.17, 15) is 28.5 Å². The molecule has 0 saturated carbocycles. The summed E-state index contributed by atoms with van der Waals surface area (Å²) in [6, 6.07) is -1.44. The Bertz CT molecular complexity index is 694. The number of hydrogen-bond donors (Lipinski definition) is 6. The molecule has 2 bridgehead atoms. The SMILES string of the molecule is O=C(O)C1=C[C@H](O)[C@@H](O)[C@H](OC2[C@H](O)C(NS(=O)(=O)O)[C@H]3OC[C@H]2O3)O1. The van der Waals surface area contributed by atoms with Crippen molar-refractivity contribution in [3.63, 3.8) is 0 Å². The largest absolute Gasteiger partial charge is 0.475 e. The topological polar surface area (TPSA) is 201 Å². The van der Waals surface area contributed by atoms with Crippen molar-refractivity contribution >= 4 is 16.3 Å². The first-order valence-corrected chi connectivity index (χ1v) is 8.84. The highest BCUT2D eigenvalue weighted by Crippen LogP contribution is 2.32. The first kappa shape index (κ1) is 19.4. The molecule has 13 nitrogen and oxygen atoms in total. The Balaban J connectivity index is 1.78. The molecule has 0 radical (unpaired) electrons. The summed E-state index contributed by atoms with van der Waals surface area (Å²) in [6.45, 7) is -0.108. The van der Waals surface area contributed by atoms with Gasteiger partial charge in [0.2, 0.25) is 12.0 Å². The van der Waals surface area contributed by atoms with Gasteiger partial charge in [0, 0.05) is 0 Å². The van der Waals surface area contributed by atoms with Crippen LogP contribution in [0.4, 0.5) is 0 Å². The van der Waals surface area contributed by atoms with Crippen molar-refractivity contribution in [2.45, 2.75) is 49.1 Å². The highest BCUT2D eigenvalue weighted by Gasteiger charge is 2.53. The van der Waals surface area contributed by atoms with E-state index in [0.29, 0.717) is 0 Å². The fourth-order valence-corrected chi connectivity index (χ4v) is 3.48. The Hall–Kier alpha value is -1.36. The molecule has 0 aliphatic carbocycles. The number of rotatable bonds is 5. The minimum absolute atomic E-state index is 0.108. The molecule has 0 aromatic heterocycles. The van der Waals surface area contributed by atoms with Crippen molar-refractivity contribution in [1.82, 2.24) is 4.72 Å². The van der Waals surface area contributed by atoms with Gasteiger partial charge in [-0.2, -0.15) is 13.1 Å². The molecule has 2 saturated heterocycles. The van der Waals surface area contributed by atoms with Gasteiger partial charge < -0.3 is 39.4 Å². The molecule has 6 N–H and O–H groups in total. The van der Waals surface area contributed by atoms with Crippen molar-refractivity contribution < 1.29 is 57.1 Å². The lowest BCUT2D eigenvalue weighted by Gasteiger charge is -2.40. The van der Waals surface area contributed by atoms with Crippen molar-refractivity contribution in [3.05, 3.63) is 11.8 Å². The third-order valence-electron chi connectivity index (χ3n) is 4.08. The van der Waals surface area contributed by atoms with Gasteiger partial charge >= 0.3 is 16.3 Å². The standard InChI is InChI=1S/C12H17NO12S/c14-3-1-4(10(17)18)23-12(7(3)15)25-9-5-2-22-11(24-5)6(8(9)16)13-26(19,20)21/h1,3,5-9,11-16H,2H2,(H,17,18)(H,19,20,21)/t3-,5+,6?,7+,8+,9?,11-,12-/m0/s1. The Morgan fingerprint density at radius 1 is 1.27 bits per heavy atom. The van der Waals surface area contributed by atoms with Crippen LogP contribution in [-0.4, -0.2) is 95.1 Å². The number of carbonyl (C=O) groups is 1. The summed E-state index contributed by atoms with van der Waals surface area (Å²) in [7, 11) is -4.71. The Kier molecular flexibility index (Phi) is 5.22. The van der Waals surface area contributed by atoms with E-state index in [1.165, 1.54) is 0 Å². The summed E-state index contributed by atoms with van der Waals surface area (Å²) >= 11 is 0. The van der Waals surface area contributed by atoms with Crippen LogP contribution in [0, 0.1) is 0 Å². The molecule has 2 fully saturated rings. The summed E-state index contributed by atoms with van der Waals surface area (Å²) in [6.07, 6.45) is -9.20. The van der Waals surface area contributed by atoms with Gasteiger partial charge in [0.15, 0.2) is 6.29 Å². The van der Waals surface area contributed by atoms with E-state index >= 15 is 0 Å². The van der Waals surface area contributed by atoms with Crippen LogP contribution in [0.3, 0.4) is 0 Å². The lowest BCUT2D eigenvalue weighted by molar-refractivity contribution is -0.274. The van der Waals surface area contributed by atoms with E-state index in [0.717, 1.165) is 6.08 Å². The zero-order valence-electron chi connectivity index (χ0n) is 12.9. The first-order chi connectivity index (χ1) is 12.1. The predicted molar refractivity (Wildman–Crippen MR) is 76.6 cm³/mol. The Morgan fingerprint density at radius 3 is 2.58 bits per heavy atom. The number of carboxylic acid groups (broad SMARTS) is 1. The third-order valence-corrected chi connectivity index (χ3v) is 4.65. The zero-order chi connectivity index (χ0) is 19.2. The van der Waals surface area contributed by atoms with E-state index in [2.05, 4.69) is 0 Å². The maximum absolute atomic E-state index is 11.0. The molecule has 0 aromatic rings. The van der Waals surface area contributed by atoms with E-state index in [-0.39, 0.29) is 6.61 Å². The summed E-state index contributed by atoms with van der Waals surface area (Å²) in [5, 5.41) is 39.0. The molecule has 0 amide bonds. The number of aliphatic hydroxyl groups is 3. The minimum Gasteiger partial charge on any atom is -0.475 e. The molecular weight excluding hydrogens is 382 g/mol. The molecule has 26 heavy (non-hydrogen) atoms. The van der Waals surface area contributed by atoms with Crippen LogP contribution in [0.15, 0.2) is 11.8 Å². The number of ether oxygens (including phenoxy) is 4. The van der Waals surface area contributed by atoms with E-state index in [4.69, 9.17) is 28.6 Å². The summed E-state index contributed by atoms with van der Waals surface area (Å²) in [5.74, 6) is -2.19. The summed E-state index contributed by atoms with van der Waals surface area (Å²) in [5.41, 5.74) is 0. The number of aliphatic carboxylic acids is 1. The van der Waals surface area contributed by atoms with Gasteiger partial charge in [-0.25, -0.2) is 4.79 Å². The maximum atomic E-state index is 11.0. The van der Waals surface area contributed by atoms with E-state index in [1.54, 1.807) is 4.72 Å². The van der Waals surface area contributed by atoms with Gasteiger partial charge in [-0.1, -0.05) is 0 Å². The Labute approximate surface area is 146 Å². The maximum Gasteiger partial charge on any atom is 0.371 e. The molecule has 8 atom stereocenters. The van der Waals surface area contributed by atoms with Crippen molar-refractivity contribution in [3.8, 4) is 0 Å². The van der Waals surface area contributed by atoms with Gasteiger partial charge in [0.05, 0.1) is 6.61 Å². The number of aliphatic hydroxyl groups excluding tert-OH is 3. The lowest BCUT2D eigenvalue weighted by atomic mass is 9.99. The average Bonchev–Trinajstić information content (AvgIpc) is 2.97. The van der Waals surface area contributed by atoms with Gasteiger partial charge in [-0.05, 0) is 6.08 Å². The van der Waals surface area contributed by atoms with Gasteiger partial charge in [-0.3, -0.25) is 4.55 Å². The van der Waals surface area contributed by atoms with Crippen LogP contribution >= 0.6 is 0 Å². The predicted octanol–water partition coefficient (Wildman–Crippen LogP) is -3.70. The molecule has 3 rings (SSSR count). The van der Waals surface area contributed by atoms with Crippen molar-refractivity contribution in [2.75, 3.05) is 6.61 Å². The van der Waals surface area contributed by atoms with E-state index < -0.39 is 71.2 Å². The number of hydrogen-bond acceptors (Lipinski definition) is 10. The van der Waals surface area contributed by atoms with Crippen LogP contribution in [0.25, 0.3) is 0 Å². The van der Waals surface area contributed by atoms with Crippen LogP contribution in [0.5, 0.6) is 0 Å². The zero-order valence-corrected chi connectivity index (χ0v) is 13.7. The third kappa shape index (κ3) is 3.83. The monoisotopic (exact) mass is 399 g/mol. The summed E-state index contributed by atoms with van der Waals surface area (Å²) in [4.78, 5) is 11.0. The molecule has 3 heterocycles. The number of carboxylic acids is 1. The molecule has 3 aliphatic heterocycles. The molecule has 0 aromatic carbocycles. The highest BCUT2D eigenvalue weighted by atomic mass is 32.2. The lowest BCUT2D eigenvalue weighted by Crippen LogP contribution is -2.62. The van der Waals surface area contributed by atoms with Crippen LogP contribution < -0.4 is 4.72 Å². The second-order valence-corrected chi connectivity index (χ2v) is 7.08.